The van der Waals surface area contributed by atoms with Crippen LogP contribution in [0.2, 0.25) is 0 Å². The van der Waals surface area contributed by atoms with Crippen LogP contribution in [0.3, 0.4) is 0 Å². The zero-order valence-electron chi connectivity index (χ0n) is 22.5. The van der Waals surface area contributed by atoms with Crippen molar-refractivity contribution in [1.29, 1.82) is 0 Å². The van der Waals surface area contributed by atoms with Gasteiger partial charge in [0.1, 0.15) is 10.5 Å². The van der Waals surface area contributed by atoms with E-state index in [1.165, 1.54) is 49.8 Å². The summed E-state index contributed by atoms with van der Waals surface area (Å²) in [6.07, 6.45) is 12.0. The number of hydrogen-bond acceptors (Lipinski definition) is 6. The first kappa shape index (κ1) is 25.8. The van der Waals surface area contributed by atoms with Crippen LogP contribution >= 0.6 is 11.3 Å². The van der Waals surface area contributed by atoms with Gasteiger partial charge in [0.05, 0.1) is 10.7 Å². The molecule has 204 valence electrons. The number of nitrogens with one attached hydrogen (secondary N) is 1. The Hall–Kier alpha value is -2.45. The lowest BCUT2D eigenvalue weighted by atomic mass is 9.71. The molecule has 1 spiro atoms. The van der Waals surface area contributed by atoms with Crippen LogP contribution in [0.25, 0.3) is 0 Å². The number of benzene rings is 1. The Morgan fingerprint density at radius 3 is 2.26 bits per heavy atom. The number of thiazole rings is 1. The third kappa shape index (κ3) is 4.86. The molecule has 2 aliphatic heterocycles. The summed E-state index contributed by atoms with van der Waals surface area (Å²) in [4.78, 5) is 35.5. The number of rotatable bonds is 3. The molecule has 4 aliphatic rings. The fourth-order valence-corrected chi connectivity index (χ4v) is 8.00. The maximum absolute atomic E-state index is 13.6. The second-order valence-electron chi connectivity index (χ2n) is 11.9. The second-order valence-corrected chi connectivity index (χ2v) is 12.9. The number of amides is 2. The summed E-state index contributed by atoms with van der Waals surface area (Å²) in [5.74, 6) is 0.0944. The van der Waals surface area contributed by atoms with Crippen LogP contribution in [0.5, 0.6) is 0 Å². The molecule has 2 aliphatic carbocycles. The van der Waals surface area contributed by atoms with Crippen molar-refractivity contribution in [3.05, 3.63) is 45.4 Å². The van der Waals surface area contributed by atoms with Gasteiger partial charge in [-0.2, -0.15) is 0 Å². The minimum absolute atomic E-state index is 0.0242. The summed E-state index contributed by atoms with van der Waals surface area (Å²) in [6.45, 7) is 3.91. The molecule has 3 heterocycles. The van der Waals surface area contributed by atoms with Crippen LogP contribution in [0.15, 0.2) is 24.3 Å². The zero-order chi connectivity index (χ0) is 26.3. The van der Waals surface area contributed by atoms with E-state index in [2.05, 4.69) is 29.6 Å². The predicted molar refractivity (Wildman–Crippen MR) is 150 cm³/mol. The number of aromatic nitrogens is 1. The average Bonchev–Trinajstić information content (AvgIpc) is 3.54. The number of nitrogens with zero attached hydrogens (tertiary/aromatic N) is 3. The van der Waals surface area contributed by atoms with E-state index in [9.17, 15) is 14.7 Å². The molecule has 2 amide bonds. The van der Waals surface area contributed by atoms with Crippen LogP contribution in [-0.2, 0) is 11.2 Å². The van der Waals surface area contributed by atoms with E-state index in [1.807, 2.05) is 11.8 Å². The maximum atomic E-state index is 13.6. The molecule has 1 saturated heterocycles. The predicted octanol–water partition coefficient (Wildman–Crippen LogP) is 4.89. The molecule has 8 heteroatoms. The van der Waals surface area contributed by atoms with Crippen LogP contribution in [-0.4, -0.2) is 69.0 Å². The van der Waals surface area contributed by atoms with Gasteiger partial charge in [0.15, 0.2) is 0 Å². The lowest BCUT2D eigenvalue weighted by Gasteiger charge is -2.46. The number of hydrogen-bond donors (Lipinski definition) is 2. The topological polar surface area (TPSA) is 85.8 Å². The van der Waals surface area contributed by atoms with Gasteiger partial charge >= 0.3 is 0 Å². The lowest BCUT2D eigenvalue weighted by Crippen LogP contribution is -2.53. The van der Waals surface area contributed by atoms with E-state index in [-0.39, 0.29) is 23.3 Å². The van der Waals surface area contributed by atoms with Crippen molar-refractivity contribution >= 4 is 28.8 Å². The molecule has 1 aromatic carbocycles. The van der Waals surface area contributed by atoms with Gasteiger partial charge in [-0.15, -0.1) is 11.3 Å². The molecule has 1 aromatic heterocycles. The summed E-state index contributed by atoms with van der Waals surface area (Å²) in [5.41, 5.74) is 2.24. The third-order valence-electron chi connectivity index (χ3n) is 9.27. The molecule has 0 bridgehead atoms. The molecule has 6 rings (SSSR count). The van der Waals surface area contributed by atoms with Gasteiger partial charge in [-0.3, -0.25) is 9.59 Å². The first-order valence-corrected chi connectivity index (χ1v) is 15.3. The number of aliphatic hydroxyl groups is 1. The Morgan fingerprint density at radius 1 is 0.947 bits per heavy atom. The minimum atomic E-state index is -1.14. The summed E-state index contributed by atoms with van der Waals surface area (Å²) >= 11 is 1.59. The van der Waals surface area contributed by atoms with Crippen molar-refractivity contribution in [2.45, 2.75) is 94.6 Å². The SMILES string of the molecule is Cc1nc(C2Cc3ccccc3NC23CCCCCCCC3)sc1C(=O)N1CCN(C(=O)C2(O)CC2)CC1. The number of carbonyl (C=O) groups is 2. The highest BCUT2D eigenvalue weighted by molar-refractivity contribution is 7.13. The van der Waals surface area contributed by atoms with E-state index in [0.717, 1.165) is 34.8 Å². The van der Waals surface area contributed by atoms with Crippen molar-refractivity contribution < 1.29 is 14.7 Å². The second kappa shape index (κ2) is 10.3. The van der Waals surface area contributed by atoms with E-state index in [1.54, 1.807) is 16.2 Å². The molecule has 1 atom stereocenters. The Balaban J connectivity index is 1.23. The molecule has 2 N–H and O–H groups in total. The monoisotopic (exact) mass is 536 g/mol. The molecule has 38 heavy (non-hydrogen) atoms. The van der Waals surface area contributed by atoms with Gasteiger partial charge in [0.2, 0.25) is 0 Å². The van der Waals surface area contributed by atoms with Gasteiger partial charge in [0.25, 0.3) is 11.8 Å². The molecular weight excluding hydrogens is 496 g/mol. The van der Waals surface area contributed by atoms with E-state index in [4.69, 9.17) is 4.98 Å². The molecule has 2 saturated carbocycles. The molecular formula is C30H40N4O3S. The Kier molecular flexibility index (Phi) is 6.97. The highest BCUT2D eigenvalue weighted by Gasteiger charge is 2.50. The molecule has 2 aromatic rings. The van der Waals surface area contributed by atoms with Gasteiger partial charge in [-0.25, -0.2) is 4.98 Å². The lowest BCUT2D eigenvalue weighted by molar-refractivity contribution is -0.143. The number of anilines is 1. The van der Waals surface area contributed by atoms with Gasteiger partial charge in [0, 0.05) is 43.3 Å². The van der Waals surface area contributed by atoms with Crippen molar-refractivity contribution in [3.63, 3.8) is 0 Å². The highest BCUT2D eigenvalue weighted by atomic mass is 32.1. The van der Waals surface area contributed by atoms with Crippen molar-refractivity contribution in [3.8, 4) is 0 Å². The molecule has 3 fully saturated rings. The van der Waals surface area contributed by atoms with Gasteiger partial charge < -0.3 is 20.2 Å². The standard InChI is InChI=1S/C30H40N4O3S/c1-21-25(27(35)33-16-18-34(19-17-33)28(36)30(37)14-15-30)38-26(31-21)23-20-22-10-6-7-11-24(22)32-29(23)12-8-4-2-3-5-9-13-29/h6-7,10-11,23,32,37H,2-5,8-9,12-20H2,1H3. The molecule has 1 unspecified atom stereocenters. The van der Waals surface area contributed by atoms with Crippen LogP contribution in [0.4, 0.5) is 5.69 Å². The first-order chi connectivity index (χ1) is 18.4. The largest absolute Gasteiger partial charge is 0.380 e. The van der Waals surface area contributed by atoms with Gasteiger partial charge in [-0.1, -0.05) is 56.7 Å². The fraction of sp³-hybridized carbons (Fsp3) is 0.633. The quantitative estimate of drug-likeness (QED) is 0.584. The first-order valence-electron chi connectivity index (χ1n) is 14.5. The Morgan fingerprint density at radius 2 is 1.58 bits per heavy atom. The van der Waals surface area contributed by atoms with Crippen molar-refractivity contribution in [2.75, 3.05) is 31.5 Å². The maximum Gasteiger partial charge on any atom is 0.265 e. The van der Waals surface area contributed by atoms with Crippen LogP contribution < -0.4 is 5.32 Å². The highest BCUT2D eigenvalue weighted by Crippen LogP contribution is 2.48. The smallest absolute Gasteiger partial charge is 0.265 e. The van der Waals surface area contributed by atoms with E-state index in [0.29, 0.717) is 39.0 Å². The summed E-state index contributed by atoms with van der Waals surface area (Å²) in [7, 11) is 0. The summed E-state index contributed by atoms with van der Waals surface area (Å²) in [6, 6.07) is 8.68. The zero-order valence-corrected chi connectivity index (χ0v) is 23.3. The number of aryl methyl sites for hydroxylation is 1. The summed E-state index contributed by atoms with van der Waals surface area (Å²) in [5, 5.41) is 15.3. The normalized spacial score (nSPS) is 24.5. The Labute approximate surface area is 229 Å². The van der Waals surface area contributed by atoms with Crippen molar-refractivity contribution in [2.24, 2.45) is 0 Å². The Bertz CT molecular complexity index is 1190. The van der Waals surface area contributed by atoms with Gasteiger partial charge in [-0.05, 0) is 50.7 Å². The van der Waals surface area contributed by atoms with Crippen molar-refractivity contribution in [1.82, 2.24) is 14.8 Å². The molecule has 7 nitrogen and oxygen atoms in total. The third-order valence-corrected chi connectivity index (χ3v) is 10.5. The fourth-order valence-electron chi connectivity index (χ4n) is 6.75. The minimum Gasteiger partial charge on any atom is -0.380 e. The van der Waals surface area contributed by atoms with E-state index < -0.39 is 5.60 Å². The average molecular weight is 537 g/mol. The summed E-state index contributed by atoms with van der Waals surface area (Å²) < 4.78 is 0. The number of fused-ring (bicyclic) bond motifs is 1. The molecule has 0 radical (unpaired) electrons. The van der Waals surface area contributed by atoms with Crippen LogP contribution in [0, 0.1) is 6.92 Å². The number of carbonyl (C=O) groups excluding carboxylic acids is 2. The van der Waals surface area contributed by atoms with E-state index >= 15 is 0 Å². The number of piperazine rings is 1. The number of para-hydroxylation sites is 1. The van der Waals surface area contributed by atoms with Crippen LogP contribution in [0.1, 0.15) is 96.1 Å².